The van der Waals surface area contributed by atoms with Crippen molar-refractivity contribution in [3.63, 3.8) is 0 Å². The number of benzene rings is 1. The third kappa shape index (κ3) is 4.98. The molecular formula is C15H24N2O3S. The minimum atomic E-state index is -3.24. The predicted octanol–water partition coefficient (Wildman–Crippen LogP) is 1.82. The summed E-state index contributed by atoms with van der Waals surface area (Å²) < 4.78 is 32.7. The predicted molar refractivity (Wildman–Crippen MR) is 84.0 cm³/mol. The van der Waals surface area contributed by atoms with E-state index in [1.807, 2.05) is 31.2 Å². The fraction of sp³-hybridized carbons (Fsp3) is 0.600. The number of unbranched alkanes of at least 4 members (excludes halogenated alkanes) is 1. The molecule has 5 nitrogen and oxygen atoms in total. The van der Waals surface area contributed by atoms with E-state index in [4.69, 9.17) is 4.74 Å². The summed E-state index contributed by atoms with van der Waals surface area (Å²) in [6.45, 7) is 4.38. The number of rotatable bonds is 8. The Balaban J connectivity index is 1.89. The Bertz CT molecular complexity index is 546. The van der Waals surface area contributed by atoms with Crippen molar-refractivity contribution in [1.82, 2.24) is 10.0 Å². The van der Waals surface area contributed by atoms with Crippen LogP contribution in [0.5, 0.6) is 5.75 Å². The lowest BCUT2D eigenvalue weighted by Crippen LogP contribution is -2.33. The number of hydrogen-bond donors (Lipinski definition) is 2. The molecule has 118 valence electrons. The van der Waals surface area contributed by atoms with Crippen LogP contribution in [0.3, 0.4) is 0 Å². The molecule has 0 bridgehead atoms. The van der Waals surface area contributed by atoms with E-state index in [2.05, 4.69) is 10.0 Å². The Hall–Kier alpha value is -1.11. The highest BCUT2D eigenvalue weighted by molar-refractivity contribution is 7.89. The summed E-state index contributed by atoms with van der Waals surface area (Å²) in [5, 5.41) is 3.20. The van der Waals surface area contributed by atoms with Gasteiger partial charge in [-0.2, -0.15) is 0 Å². The molecular weight excluding hydrogens is 288 g/mol. The minimum Gasteiger partial charge on any atom is -0.493 e. The van der Waals surface area contributed by atoms with E-state index >= 15 is 0 Å². The van der Waals surface area contributed by atoms with Gasteiger partial charge < -0.3 is 10.1 Å². The van der Waals surface area contributed by atoms with E-state index in [0.29, 0.717) is 19.4 Å². The molecule has 1 aromatic carbocycles. The summed E-state index contributed by atoms with van der Waals surface area (Å²) in [5.74, 6) is 0.960. The first kappa shape index (κ1) is 16.3. The van der Waals surface area contributed by atoms with E-state index < -0.39 is 10.0 Å². The van der Waals surface area contributed by atoms with Crippen molar-refractivity contribution >= 4 is 10.0 Å². The van der Waals surface area contributed by atoms with Gasteiger partial charge in [0.25, 0.3) is 0 Å². The molecule has 1 unspecified atom stereocenters. The maximum Gasteiger partial charge on any atom is 0.212 e. The largest absolute Gasteiger partial charge is 0.493 e. The van der Waals surface area contributed by atoms with E-state index in [1.165, 1.54) is 0 Å². The molecule has 2 rings (SSSR count). The van der Waals surface area contributed by atoms with Gasteiger partial charge in [-0.15, -0.1) is 0 Å². The smallest absolute Gasteiger partial charge is 0.212 e. The van der Waals surface area contributed by atoms with Crippen molar-refractivity contribution in [2.24, 2.45) is 0 Å². The quantitative estimate of drug-likeness (QED) is 0.719. The molecule has 0 amide bonds. The first-order valence-corrected chi connectivity index (χ1v) is 9.20. The summed E-state index contributed by atoms with van der Waals surface area (Å²) in [6, 6.07) is 7.44. The number of fused-ring (bicyclic) bond motifs is 1. The zero-order valence-corrected chi connectivity index (χ0v) is 13.3. The molecule has 2 N–H and O–H groups in total. The fourth-order valence-electron chi connectivity index (χ4n) is 2.46. The van der Waals surface area contributed by atoms with Gasteiger partial charge in [0.2, 0.25) is 10.0 Å². The lowest BCUT2D eigenvalue weighted by molar-refractivity contribution is 0.263. The van der Waals surface area contributed by atoms with Gasteiger partial charge in [0.05, 0.1) is 18.4 Å². The molecule has 0 radical (unpaired) electrons. The lowest BCUT2D eigenvalue weighted by Gasteiger charge is -2.26. The molecule has 21 heavy (non-hydrogen) atoms. The average Bonchev–Trinajstić information content (AvgIpc) is 2.47. The highest BCUT2D eigenvalue weighted by atomic mass is 32.2. The monoisotopic (exact) mass is 312 g/mol. The second-order valence-electron chi connectivity index (χ2n) is 5.22. The molecule has 1 aliphatic rings. The van der Waals surface area contributed by atoms with Crippen molar-refractivity contribution in [1.29, 1.82) is 0 Å². The zero-order valence-electron chi connectivity index (χ0n) is 12.5. The Labute approximate surface area is 127 Å². The third-order valence-corrected chi connectivity index (χ3v) is 5.02. The normalized spacial score (nSPS) is 18.0. The van der Waals surface area contributed by atoms with Crippen LogP contribution in [-0.4, -0.2) is 33.9 Å². The summed E-state index contributed by atoms with van der Waals surface area (Å²) in [7, 11) is -3.24. The van der Waals surface area contributed by atoms with Gasteiger partial charge in [-0.05, 0) is 32.0 Å². The van der Waals surface area contributed by atoms with Crippen LogP contribution in [0.25, 0.3) is 0 Å². The Kier molecular flexibility index (Phi) is 6.02. The standard InChI is InChI=1S/C15H24N2O3S/c1-2-16-10-5-6-12-21(18,19)17-14-9-11-20-15-8-4-3-7-13(14)15/h3-4,7-8,14,16-17H,2,5-6,9-12H2,1H3. The molecule has 0 spiro atoms. The van der Waals surface area contributed by atoms with E-state index in [1.54, 1.807) is 0 Å². The van der Waals surface area contributed by atoms with Crippen molar-refractivity contribution in [2.75, 3.05) is 25.4 Å². The van der Waals surface area contributed by atoms with Crippen LogP contribution >= 0.6 is 0 Å². The maximum atomic E-state index is 12.2. The fourth-order valence-corrected chi connectivity index (χ4v) is 3.84. The summed E-state index contributed by atoms with van der Waals surface area (Å²) in [4.78, 5) is 0. The molecule has 1 atom stereocenters. The molecule has 0 saturated heterocycles. The van der Waals surface area contributed by atoms with Crippen molar-refractivity contribution in [3.05, 3.63) is 29.8 Å². The zero-order chi connectivity index (χ0) is 15.1. The number of ether oxygens (including phenoxy) is 1. The molecule has 0 aromatic heterocycles. The number of para-hydroxylation sites is 1. The van der Waals surface area contributed by atoms with Crippen LogP contribution in [0, 0.1) is 0 Å². The third-order valence-electron chi connectivity index (χ3n) is 3.55. The van der Waals surface area contributed by atoms with Crippen LogP contribution in [0.1, 0.15) is 37.8 Å². The van der Waals surface area contributed by atoms with E-state index in [9.17, 15) is 8.42 Å². The summed E-state index contributed by atoms with van der Waals surface area (Å²) in [5.41, 5.74) is 0.931. The first-order valence-electron chi connectivity index (χ1n) is 7.55. The lowest BCUT2D eigenvalue weighted by atomic mass is 10.0. The van der Waals surface area contributed by atoms with Gasteiger partial charge in [0, 0.05) is 12.0 Å². The van der Waals surface area contributed by atoms with E-state index in [-0.39, 0.29) is 11.8 Å². The van der Waals surface area contributed by atoms with Crippen LogP contribution in [0.2, 0.25) is 0 Å². The molecule has 0 fully saturated rings. The first-order chi connectivity index (χ1) is 10.1. The van der Waals surface area contributed by atoms with E-state index in [0.717, 1.165) is 30.8 Å². The molecule has 0 aliphatic carbocycles. The molecule has 1 aromatic rings. The molecule has 1 aliphatic heterocycles. The number of hydrogen-bond acceptors (Lipinski definition) is 4. The van der Waals surface area contributed by atoms with Gasteiger partial charge >= 0.3 is 0 Å². The minimum absolute atomic E-state index is 0.172. The average molecular weight is 312 g/mol. The maximum absolute atomic E-state index is 12.2. The van der Waals surface area contributed by atoms with Crippen molar-refractivity contribution in [2.45, 2.75) is 32.2 Å². The van der Waals surface area contributed by atoms with Crippen LogP contribution in [0.4, 0.5) is 0 Å². The van der Waals surface area contributed by atoms with Crippen LogP contribution < -0.4 is 14.8 Å². The van der Waals surface area contributed by atoms with Gasteiger partial charge in [-0.1, -0.05) is 25.1 Å². The number of nitrogens with one attached hydrogen (secondary N) is 2. The highest BCUT2D eigenvalue weighted by Gasteiger charge is 2.25. The van der Waals surface area contributed by atoms with Crippen LogP contribution in [-0.2, 0) is 10.0 Å². The van der Waals surface area contributed by atoms with Gasteiger partial charge in [-0.3, -0.25) is 0 Å². The Morgan fingerprint density at radius 1 is 1.29 bits per heavy atom. The van der Waals surface area contributed by atoms with Crippen molar-refractivity contribution in [3.8, 4) is 5.75 Å². The molecule has 0 saturated carbocycles. The number of sulfonamides is 1. The highest BCUT2D eigenvalue weighted by Crippen LogP contribution is 2.31. The SMILES string of the molecule is CCNCCCCS(=O)(=O)NC1CCOc2ccccc21. The van der Waals surface area contributed by atoms with Crippen LogP contribution in [0.15, 0.2) is 24.3 Å². The second-order valence-corrected chi connectivity index (χ2v) is 7.10. The molecule has 1 heterocycles. The van der Waals surface area contributed by atoms with Gasteiger partial charge in [0.15, 0.2) is 0 Å². The summed E-state index contributed by atoms with van der Waals surface area (Å²) in [6.07, 6.45) is 2.22. The molecule has 6 heteroatoms. The van der Waals surface area contributed by atoms with Gasteiger partial charge in [0.1, 0.15) is 5.75 Å². The topological polar surface area (TPSA) is 67.4 Å². The Morgan fingerprint density at radius 2 is 2.10 bits per heavy atom. The van der Waals surface area contributed by atoms with Crippen molar-refractivity contribution < 1.29 is 13.2 Å². The Morgan fingerprint density at radius 3 is 2.90 bits per heavy atom. The second kappa shape index (κ2) is 7.77. The van der Waals surface area contributed by atoms with Gasteiger partial charge in [-0.25, -0.2) is 13.1 Å². The summed E-state index contributed by atoms with van der Waals surface area (Å²) >= 11 is 0.